The SMILES string of the molecule is C[C@H]1O[C@@H](O[C@H]2CC[C@]3(C=O)[C@H]4CC[C@]5(C)[C@@H](C6=CC(=O)OC6)CC[C@]5(O)[C@@H]4CC[C@]3(O)C2)C[C@H]2OC(C)(C)O[C@@H]12. The lowest BCUT2D eigenvalue weighted by molar-refractivity contribution is -0.278. The molecule has 12 atom stereocenters. The van der Waals surface area contributed by atoms with Crippen LogP contribution in [0.4, 0.5) is 0 Å². The quantitative estimate of drug-likeness (QED) is 0.295. The van der Waals surface area contributed by atoms with Gasteiger partial charge in [-0.2, -0.15) is 0 Å². The van der Waals surface area contributed by atoms with Crippen LogP contribution in [0.5, 0.6) is 0 Å². The molecule has 0 aromatic heterocycles. The summed E-state index contributed by atoms with van der Waals surface area (Å²) in [5.41, 5.74) is -2.44. The van der Waals surface area contributed by atoms with E-state index in [2.05, 4.69) is 6.92 Å². The van der Waals surface area contributed by atoms with Crippen LogP contribution in [0.2, 0.25) is 0 Å². The Morgan fingerprint density at radius 3 is 2.51 bits per heavy atom. The zero-order valence-corrected chi connectivity index (χ0v) is 24.8. The van der Waals surface area contributed by atoms with Gasteiger partial charge in [-0.05, 0) is 95.5 Å². The van der Waals surface area contributed by atoms with Gasteiger partial charge in [-0.3, -0.25) is 0 Å². The fraction of sp³-hybridized carbons (Fsp3) is 0.875. The van der Waals surface area contributed by atoms with Gasteiger partial charge in [0.1, 0.15) is 19.0 Å². The Labute approximate surface area is 242 Å². The maximum Gasteiger partial charge on any atom is 0.331 e. The van der Waals surface area contributed by atoms with E-state index in [-0.39, 0.29) is 53.6 Å². The summed E-state index contributed by atoms with van der Waals surface area (Å²) in [5.74, 6) is -1.02. The number of hydrogen-bond donors (Lipinski definition) is 2. The molecule has 6 fully saturated rings. The summed E-state index contributed by atoms with van der Waals surface area (Å²) < 4.78 is 30.0. The second-order valence-electron chi connectivity index (χ2n) is 14.9. The molecule has 0 unspecified atom stereocenters. The number of cyclic esters (lactones) is 1. The summed E-state index contributed by atoms with van der Waals surface area (Å²) >= 11 is 0. The molecule has 3 heterocycles. The van der Waals surface area contributed by atoms with Crippen molar-refractivity contribution in [1.82, 2.24) is 0 Å². The monoisotopic (exact) mass is 574 g/mol. The normalized spacial score (nSPS) is 53.9. The highest BCUT2D eigenvalue weighted by molar-refractivity contribution is 5.85. The van der Waals surface area contributed by atoms with Crippen molar-refractivity contribution >= 4 is 12.3 Å². The number of ether oxygens (including phenoxy) is 5. The topological polar surface area (TPSA) is 121 Å². The molecule has 0 aromatic rings. The summed E-state index contributed by atoms with van der Waals surface area (Å²) in [6, 6.07) is 0. The van der Waals surface area contributed by atoms with Crippen molar-refractivity contribution in [2.45, 2.75) is 140 Å². The molecule has 7 aliphatic rings. The Kier molecular flexibility index (Phi) is 6.46. The lowest BCUT2D eigenvalue weighted by atomic mass is 9.41. The molecule has 3 aliphatic heterocycles. The smallest absolute Gasteiger partial charge is 0.331 e. The molecule has 41 heavy (non-hydrogen) atoms. The number of esters is 1. The third-order valence-electron chi connectivity index (χ3n) is 12.7. The third-order valence-corrected chi connectivity index (χ3v) is 12.7. The molecule has 7 rings (SSSR count). The van der Waals surface area contributed by atoms with Crippen molar-refractivity contribution in [2.24, 2.45) is 28.6 Å². The van der Waals surface area contributed by atoms with E-state index in [0.29, 0.717) is 51.6 Å². The maximum atomic E-state index is 13.1. The van der Waals surface area contributed by atoms with Crippen LogP contribution in [0.1, 0.15) is 91.9 Å². The van der Waals surface area contributed by atoms with Crippen molar-refractivity contribution < 1.29 is 43.5 Å². The molecule has 0 radical (unpaired) electrons. The largest absolute Gasteiger partial charge is 0.458 e. The molecule has 2 saturated heterocycles. The zero-order valence-electron chi connectivity index (χ0n) is 24.8. The molecule has 9 nitrogen and oxygen atoms in total. The first kappa shape index (κ1) is 28.4. The average Bonchev–Trinajstić information content (AvgIpc) is 3.55. The van der Waals surface area contributed by atoms with Crippen LogP contribution in [0, 0.1) is 28.6 Å². The fourth-order valence-corrected chi connectivity index (χ4v) is 10.7. The highest BCUT2D eigenvalue weighted by Crippen LogP contribution is 2.70. The average molecular weight is 575 g/mol. The van der Waals surface area contributed by atoms with E-state index in [4.69, 9.17) is 23.7 Å². The zero-order chi connectivity index (χ0) is 29.0. The standard InChI is InChI=1S/C32H46O9/c1-18-27-24(40-28(2,3)41-27)14-26(38-18)39-20-5-10-30(17-33)22-6-9-29(4)21(19-13-25(34)37-16-19)8-12-32(29,36)23(22)7-11-31(30,35)15-20/h13,17-18,20-24,26-27,35-36H,5-12,14-16H2,1-4H3/t18-,20+,21-,22+,23-,24-,26+,27+,29-,30+,31+,32+/m1/s1. The summed E-state index contributed by atoms with van der Waals surface area (Å²) in [6.07, 6.45) is 7.78. The van der Waals surface area contributed by atoms with Gasteiger partial charge < -0.3 is 38.7 Å². The maximum absolute atomic E-state index is 13.1. The highest BCUT2D eigenvalue weighted by atomic mass is 16.8. The van der Waals surface area contributed by atoms with Crippen molar-refractivity contribution in [2.75, 3.05) is 6.61 Å². The highest BCUT2D eigenvalue weighted by Gasteiger charge is 2.71. The van der Waals surface area contributed by atoms with E-state index in [0.717, 1.165) is 31.1 Å². The predicted molar refractivity (Wildman–Crippen MR) is 145 cm³/mol. The van der Waals surface area contributed by atoms with E-state index < -0.39 is 28.7 Å². The Morgan fingerprint density at radius 1 is 1.00 bits per heavy atom. The number of rotatable bonds is 4. The van der Waals surface area contributed by atoms with Crippen molar-refractivity contribution in [3.63, 3.8) is 0 Å². The molecular weight excluding hydrogens is 528 g/mol. The van der Waals surface area contributed by atoms with Gasteiger partial charge in [0.05, 0.1) is 34.9 Å². The van der Waals surface area contributed by atoms with Crippen LogP contribution in [-0.2, 0) is 33.3 Å². The van der Waals surface area contributed by atoms with Gasteiger partial charge in [-0.15, -0.1) is 0 Å². The Hall–Kier alpha value is -1.36. The third kappa shape index (κ3) is 4.02. The van der Waals surface area contributed by atoms with E-state index >= 15 is 0 Å². The molecular formula is C32H46O9. The molecule has 228 valence electrons. The minimum atomic E-state index is -1.19. The number of hydrogen-bond acceptors (Lipinski definition) is 9. The Bertz CT molecular complexity index is 1140. The van der Waals surface area contributed by atoms with E-state index in [1.807, 2.05) is 20.8 Å². The fourth-order valence-electron chi connectivity index (χ4n) is 10.7. The van der Waals surface area contributed by atoms with Crippen molar-refractivity contribution in [3.8, 4) is 0 Å². The first-order chi connectivity index (χ1) is 19.3. The summed E-state index contributed by atoms with van der Waals surface area (Å²) in [7, 11) is 0. The molecule has 4 aliphatic carbocycles. The van der Waals surface area contributed by atoms with Gasteiger partial charge in [0.15, 0.2) is 12.1 Å². The van der Waals surface area contributed by atoms with E-state index in [1.54, 1.807) is 6.08 Å². The van der Waals surface area contributed by atoms with Crippen LogP contribution < -0.4 is 0 Å². The van der Waals surface area contributed by atoms with Gasteiger partial charge in [0.25, 0.3) is 0 Å². The van der Waals surface area contributed by atoms with E-state index in [1.165, 1.54) is 0 Å². The number of aliphatic hydroxyl groups is 2. The first-order valence-corrected chi connectivity index (χ1v) is 15.8. The molecule has 9 heteroatoms. The lowest BCUT2D eigenvalue weighted by Crippen LogP contribution is -2.69. The van der Waals surface area contributed by atoms with Gasteiger partial charge in [-0.1, -0.05) is 6.92 Å². The van der Waals surface area contributed by atoms with Crippen molar-refractivity contribution in [1.29, 1.82) is 0 Å². The van der Waals surface area contributed by atoms with Crippen LogP contribution in [0.3, 0.4) is 0 Å². The first-order valence-electron chi connectivity index (χ1n) is 15.8. The van der Waals surface area contributed by atoms with E-state index in [9.17, 15) is 19.8 Å². The van der Waals surface area contributed by atoms with Gasteiger partial charge >= 0.3 is 5.97 Å². The van der Waals surface area contributed by atoms with Crippen LogP contribution >= 0.6 is 0 Å². The summed E-state index contributed by atoms with van der Waals surface area (Å²) in [5, 5.41) is 24.7. The lowest BCUT2D eigenvalue weighted by Gasteiger charge is -2.65. The van der Waals surface area contributed by atoms with Gasteiger partial charge in [-0.25, -0.2) is 4.79 Å². The Balaban J connectivity index is 1.08. The second kappa shape index (κ2) is 9.32. The molecule has 0 bridgehead atoms. The molecule has 4 saturated carbocycles. The van der Waals surface area contributed by atoms with Crippen LogP contribution in [0.15, 0.2) is 11.6 Å². The summed E-state index contributed by atoms with van der Waals surface area (Å²) in [4.78, 5) is 24.9. The Morgan fingerprint density at radius 2 is 1.78 bits per heavy atom. The molecule has 0 amide bonds. The molecule has 0 aromatic carbocycles. The van der Waals surface area contributed by atoms with Crippen molar-refractivity contribution in [3.05, 3.63) is 11.6 Å². The predicted octanol–water partition coefficient (Wildman–Crippen LogP) is 3.58. The number of fused-ring (bicyclic) bond motifs is 6. The molecule has 2 N–H and O–H groups in total. The second-order valence-corrected chi connectivity index (χ2v) is 14.9. The van der Waals surface area contributed by atoms with Gasteiger partial charge in [0, 0.05) is 24.3 Å². The van der Waals surface area contributed by atoms with Crippen LogP contribution in [0.25, 0.3) is 0 Å². The van der Waals surface area contributed by atoms with Crippen LogP contribution in [-0.4, -0.2) is 76.8 Å². The molecule has 0 spiro atoms. The minimum Gasteiger partial charge on any atom is -0.458 e. The number of carbonyl (C=O) groups is 2. The minimum absolute atomic E-state index is 0.0739. The number of aldehydes is 1. The number of carbonyl (C=O) groups excluding carboxylic acids is 2. The van der Waals surface area contributed by atoms with Gasteiger partial charge in [0.2, 0.25) is 0 Å². The summed E-state index contributed by atoms with van der Waals surface area (Å²) in [6.45, 7) is 8.28.